The third-order valence-electron chi connectivity index (χ3n) is 6.55. The molecule has 0 unspecified atom stereocenters. The van der Waals surface area contributed by atoms with Crippen LogP contribution in [0.3, 0.4) is 0 Å². The summed E-state index contributed by atoms with van der Waals surface area (Å²) in [6, 6.07) is 19.0. The van der Waals surface area contributed by atoms with Crippen LogP contribution in [0.4, 0.5) is 5.69 Å². The van der Waals surface area contributed by atoms with Crippen molar-refractivity contribution in [2.24, 2.45) is 0 Å². The van der Waals surface area contributed by atoms with Gasteiger partial charge in [-0.05, 0) is 73.8 Å². The molecule has 7 nitrogen and oxygen atoms in total. The number of rotatable bonds is 8. The lowest BCUT2D eigenvalue weighted by atomic mass is 10.1. The number of aryl methyl sites for hydroxylation is 1. The Morgan fingerprint density at radius 1 is 1.06 bits per heavy atom. The Hall–Kier alpha value is -4.02. The van der Waals surface area contributed by atoms with Crippen molar-refractivity contribution in [1.29, 1.82) is 5.26 Å². The van der Waals surface area contributed by atoms with Crippen molar-refractivity contribution in [1.82, 2.24) is 9.88 Å². The first-order valence-corrected chi connectivity index (χ1v) is 12.0. The van der Waals surface area contributed by atoms with Gasteiger partial charge >= 0.3 is 5.97 Å². The molecule has 0 spiro atoms. The van der Waals surface area contributed by atoms with Crippen LogP contribution in [0.1, 0.15) is 34.5 Å². The van der Waals surface area contributed by atoms with Crippen molar-refractivity contribution in [2.75, 3.05) is 37.6 Å². The highest BCUT2D eigenvalue weighted by Gasteiger charge is 2.18. The predicted octanol–water partition coefficient (Wildman–Crippen LogP) is 5.00. The van der Waals surface area contributed by atoms with E-state index in [4.69, 9.17) is 14.4 Å². The summed E-state index contributed by atoms with van der Waals surface area (Å²) in [6.07, 6.45) is 6.80. The SMILES string of the molecule is N#Cc1ccc2[nH]cc(CCCCN3CCN(c4cccc(OC(=O)c5ccco5)c4)CC3)c2c1. The van der Waals surface area contributed by atoms with E-state index in [1.807, 2.05) is 30.3 Å². The molecule has 178 valence electrons. The molecule has 0 aliphatic carbocycles. The van der Waals surface area contributed by atoms with Crippen molar-refractivity contribution in [3.05, 3.63) is 83.9 Å². The number of furan rings is 1. The molecule has 1 fully saturated rings. The van der Waals surface area contributed by atoms with Gasteiger partial charge in [-0.3, -0.25) is 4.90 Å². The van der Waals surface area contributed by atoms with Crippen LogP contribution in [0.25, 0.3) is 10.9 Å². The molecule has 2 aromatic carbocycles. The molecular weight excluding hydrogens is 440 g/mol. The second-order valence-corrected chi connectivity index (χ2v) is 8.84. The second-order valence-electron chi connectivity index (χ2n) is 8.84. The van der Waals surface area contributed by atoms with Crippen LogP contribution in [0.5, 0.6) is 5.75 Å². The summed E-state index contributed by atoms with van der Waals surface area (Å²) in [6.45, 7) is 4.98. The maximum atomic E-state index is 12.1. The van der Waals surface area contributed by atoms with Gasteiger partial charge in [0, 0.05) is 55.0 Å². The van der Waals surface area contributed by atoms with E-state index in [9.17, 15) is 4.79 Å². The van der Waals surface area contributed by atoms with E-state index in [0.717, 1.165) is 68.6 Å². The summed E-state index contributed by atoms with van der Waals surface area (Å²) in [7, 11) is 0. The molecule has 1 N–H and O–H groups in total. The highest BCUT2D eigenvalue weighted by molar-refractivity contribution is 5.88. The van der Waals surface area contributed by atoms with Gasteiger partial charge in [-0.2, -0.15) is 5.26 Å². The fourth-order valence-electron chi connectivity index (χ4n) is 4.63. The molecule has 1 saturated heterocycles. The normalized spacial score (nSPS) is 14.2. The Balaban J connectivity index is 1.07. The van der Waals surface area contributed by atoms with E-state index in [0.29, 0.717) is 11.3 Å². The van der Waals surface area contributed by atoms with Crippen LogP contribution in [0.15, 0.2) is 71.5 Å². The zero-order valence-corrected chi connectivity index (χ0v) is 19.6. The van der Waals surface area contributed by atoms with Gasteiger partial charge in [0.15, 0.2) is 0 Å². The monoisotopic (exact) mass is 468 g/mol. The number of nitriles is 1. The molecule has 4 aromatic rings. The maximum Gasteiger partial charge on any atom is 0.379 e. The third kappa shape index (κ3) is 5.39. The van der Waals surface area contributed by atoms with Gasteiger partial charge in [0.2, 0.25) is 5.76 Å². The minimum absolute atomic E-state index is 0.195. The number of fused-ring (bicyclic) bond motifs is 1. The average Bonchev–Trinajstić information content (AvgIpc) is 3.57. The highest BCUT2D eigenvalue weighted by atomic mass is 16.5. The lowest BCUT2D eigenvalue weighted by Crippen LogP contribution is -2.46. The highest BCUT2D eigenvalue weighted by Crippen LogP contribution is 2.24. The zero-order valence-electron chi connectivity index (χ0n) is 19.6. The molecule has 0 bridgehead atoms. The number of nitrogens with one attached hydrogen (secondary N) is 1. The van der Waals surface area contributed by atoms with Crippen LogP contribution >= 0.6 is 0 Å². The first-order valence-electron chi connectivity index (χ1n) is 12.0. The van der Waals surface area contributed by atoms with Crippen LogP contribution in [-0.2, 0) is 6.42 Å². The number of hydrogen-bond donors (Lipinski definition) is 1. The van der Waals surface area contributed by atoms with Crippen molar-refractivity contribution >= 4 is 22.6 Å². The number of H-pyrrole nitrogens is 1. The van der Waals surface area contributed by atoms with Crippen LogP contribution in [-0.4, -0.2) is 48.6 Å². The van der Waals surface area contributed by atoms with Gasteiger partial charge in [0.1, 0.15) is 5.75 Å². The van der Waals surface area contributed by atoms with E-state index in [1.54, 1.807) is 18.2 Å². The van der Waals surface area contributed by atoms with Gasteiger partial charge < -0.3 is 19.0 Å². The maximum absolute atomic E-state index is 12.1. The Labute approximate surface area is 204 Å². The van der Waals surface area contributed by atoms with Crippen molar-refractivity contribution < 1.29 is 13.9 Å². The number of aromatic amines is 1. The fraction of sp³-hybridized carbons (Fsp3) is 0.286. The number of nitrogens with zero attached hydrogens (tertiary/aromatic N) is 3. The number of benzene rings is 2. The molecule has 3 heterocycles. The first kappa shape index (κ1) is 22.8. The smallest absolute Gasteiger partial charge is 0.379 e. The number of esters is 1. The number of anilines is 1. The van der Waals surface area contributed by atoms with E-state index in [-0.39, 0.29) is 5.76 Å². The van der Waals surface area contributed by atoms with E-state index < -0.39 is 5.97 Å². The Morgan fingerprint density at radius 2 is 1.94 bits per heavy atom. The fourth-order valence-corrected chi connectivity index (χ4v) is 4.63. The largest absolute Gasteiger partial charge is 0.457 e. The zero-order chi connectivity index (χ0) is 24.0. The number of carbonyl (C=O) groups is 1. The summed E-state index contributed by atoms with van der Waals surface area (Å²) in [5, 5.41) is 10.3. The number of aromatic nitrogens is 1. The summed E-state index contributed by atoms with van der Waals surface area (Å²) >= 11 is 0. The summed E-state index contributed by atoms with van der Waals surface area (Å²) in [5.74, 6) is 0.223. The van der Waals surface area contributed by atoms with Crippen molar-refractivity contribution in [2.45, 2.75) is 19.3 Å². The summed E-state index contributed by atoms with van der Waals surface area (Å²) in [5.41, 5.74) is 4.15. The minimum Gasteiger partial charge on any atom is -0.457 e. The van der Waals surface area contributed by atoms with Gasteiger partial charge in [0.25, 0.3) is 0 Å². The number of carbonyl (C=O) groups excluding carboxylic acids is 1. The lowest BCUT2D eigenvalue weighted by molar-refractivity contribution is 0.0701. The molecule has 0 saturated carbocycles. The molecular formula is C28H28N4O3. The third-order valence-corrected chi connectivity index (χ3v) is 6.55. The first-order chi connectivity index (χ1) is 17.2. The molecule has 5 rings (SSSR count). The molecule has 1 aliphatic heterocycles. The molecule has 35 heavy (non-hydrogen) atoms. The van der Waals surface area contributed by atoms with Crippen LogP contribution in [0.2, 0.25) is 0 Å². The molecule has 2 aromatic heterocycles. The standard InChI is InChI=1S/C28H28N4O3/c29-19-21-9-10-26-25(17-21)22(20-30-26)5-1-2-11-31-12-14-32(15-13-31)23-6-3-7-24(18-23)35-28(33)27-8-4-16-34-27/h3-4,6-10,16-18,20,30H,1-2,5,11-15H2. The average molecular weight is 469 g/mol. The number of ether oxygens (including phenoxy) is 1. The van der Waals surface area contributed by atoms with E-state index >= 15 is 0 Å². The van der Waals surface area contributed by atoms with Crippen molar-refractivity contribution in [3.8, 4) is 11.8 Å². The predicted molar refractivity (Wildman–Crippen MR) is 135 cm³/mol. The molecule has 1 aliphatic rings. The topological polar surface area (TPSA) is 85.5 Å². The molecule has 7 heteroatoms. The summed E-state index contributed by atoms with van der Waals surface area (Å²) < 4.78 is 10.6. The second kappa shape index (κ2) is 10.5. The van der Waals surface area contributed by atoms with E-state index in [1.165, 1.54) is 11.8 Å². The number of hydrogen-bond acceptors (Lipinski definition) is 6. The minimum atomic E-state index is -0.491. The molecule has 0 amide bonds. The quantitative estimate of drug-likeness (QED) is 0.223. The van der Waals surface area contributed by atoms with Gasteiger partial charge in [-0.25, -0.2) is 4.79 Å². The van der Waals surface area contributed by atoms with Crippen LogP contribution < -0.4 is 9.64 Å². The van der Waals surface area contributed by atoms with Crippen LogP contribution in [0, 0.1) is 11.3 Å². The lowest BCUT2D eigenvalue weighted by Gasteiger charge is -2.36. The Morgan fingerprint density at radius 3 is 2.74 bits per heavy atom. The van der Waals surface area contributed by atoms with Gasteiger partial charge in [-0.15, -0.1) is 0 Å². The number of piperazine rings is 1. The Kier molecular flexibility index (Phi) is 6.82. The summed E-state index contributed by atoms with van der Waals surface area (Å²) in [4.78, 5) is 20.3. The molecule has 0 atom stereocenters. The van der Waals surface area contributed by atoms with Gasteiger partial charge in [-0.1, -0.05) is 6.07 Å². The van der Waals surface area contributed by atoms with E-state index in [2.05, 4.69) is 33.1 Å². The molecule has 0 radical (unpaired) electrons. The van der Waals surface area contributed by atoms with Gasteiger partial charge in [0.05, 0.1) is 17.9 Å². The van der Waals surface area contributed by atoms with Crippen molar-refractivity contribution in [3.63, 3.8) is 0 Å². The Bertz CT molecular complexity index is 1330. The number of unbranched alkanes of at least 4 members (excludes halogenated alkanes) is 1.